The van der Waals surface area contributed by atoms with Gasteiger partial charge in [-0.1, -0.05) is 18.2 Å². The van der Waals surface area contributed by atoms with E-state index < -0.39 is 0 Å². The van der Waals surface area contributed by atoms with Crippen molar-refractivity contribution in [3.63, 3.8) is 0 Å². The maximum absolute atomic E-state index is 5.63. The summed E-state index contributed by atoms with van der Waals surface area (Å²) in [6.45, 7) is 1.98. The zero-order chi connectivity index (χ0) is 10.7. The lowest BCUT2D eigenvalue weighted by Gasteiger charge is -2.08. The zero-order valence-electron chi connectivity index (χ0n) is 8.57. The number of nitrogen functional groups attached to an aromatic ring is 1. The van der Waals surface area contributed by atoms with E-state index in [2.05, 4.69) is 10.3 Å². The molecule has 0 radical (unpaired) electrons. The number of para-hydroxylation sites is 1. The molecule has 0 atom stereocenters. The lowest BCUT2D eigenvalue weighted by Crippen LogP contribution is -1.97. The topological polar surface area (TPSA) is 50.9 Å². The maximum atomic E-state index is 5.63. The van der Waals surface area contributed by atoms with Gasteiger partial charge in [-0.05, 0) is 30.7 Å². The Balaban J connectivity index is 2.25. The minimum Gasteiger partial charge on any atom is -0.397 e. The van der Waals surface area contributed by atoms with Crippen LogP contribution in [0.3, 0.4) is 0 Å². The number of aromatic nitrogens is 1. The van der Waals surface area contributed by atoms with Gasteiger partial charge < -0.3 is 11.1 Å². The molecule has 1 aromatic carbocycles. The standard InChI is InChI=1S/C12H13N3/c1-9-7-10(13)8-14-12(9)15-11-5-3-2-4-6-11/h2-8H,13H2,1H3,(H,14,15). The fourth-order valence-corrected chi connectivity index (χ4v) is 1.39. The third-order valence-corrected chi connectivity index (χ3v) is 2.14. The Labute approximate surface area is 89.0 Å². The molecule has 0 bridgehead atoms. The van der Waals surface area contributed by atoms with Crippen LogP contribution in [0, 0.1) is 6.92 Å². The molecule has 0 amide bonds. The zero-order valence-corrected chi connectivity index (χ0v) is 8.57. The second-order valence-electron chi connectivity index (χ2n) is 3.43. The Bertz CT molecular complexity index is 452. The highest BCUT2D eigenvalue weighted by Gasteiger charge is 1.99. The first-order chi connectivity index (χ1) is 7.25. The van der Waals surface area contributed by atoms with E-state index in [1.165, 1.54) is 0 Å². The number of hydrogen-bond acceptors (Lipinski definition) is 3. The number of hydrogen-bond donors (Lipinski definition) is 2. The molecule has 0 fully saturated rings. The van der Waals surface area contributed by atoms with Gasteiger partial charge in [0.15, 0.2) is 0 Å². The Hall–Kier alpha value is -2.03. The largest absolute Gasteiger partial charge is 0.397 e. The van der Waals surface area contributed by atoms with Crippen LogP contribution in [0.5, 0.6) is 0 Å². The fraction of sp³-hybridized carbons (Fsp3) is 0.0833. The van der Waals surface area contributed by atoms with Crippen molar-refractivity contribution in [2.45, 2.75) is 6.92 Å². The molecule has 0 saturated carbocycles. The summed E-state index contributed by atoms with van der Waals surface area (Å²) in [5, 5.41) is 3.23. The normalized spacial score (nSPS) is 9.93. The number of pyridine rings is 1. The molecule has 0 aliphatic rings. The van der Waals surface area contributed by atoms with Crippen LogP contribution < -0.4 is 11.1 Å². The van der Waals surface area contributed by atoms with Crippen LogP contribution in [-0.2, 0) is 0 Å². The first-order valence-corrected chi connectivity index (χ1v) is 4.80. The number of aryl methyl sites for hydroxylation is 1. The van der Waals surface area contributed by atoms with Gasteiger partial charge in [0.2, 0.25) is 0 Å². The number of nitrogens with one attached hydrogen (secondary N) is 1. The molecule has 1 aromatic heterocycles. The van der Waals surface area contributed by atoms with Crippen LogP contribution in [0.4, 0.5) is 17.2 Å². The van der Waals surface area contributed by atoms with E-state index in [-0.39, 0.29) is 0 Å². The summed E-state index contributed by atoms with van der Waals surface area (Å²) in [5.41, 5.74) is 8.38. The van der Waals surface area contributed by atoms with Crippen molar-refractivity contribution in [2.75, 3.05) is 11.1 Å². The maximum Gasteiger partial charge on any atom is 0.133 e. The molecule has 0 unspecified atom stereocenters. The molecule has 0 spiro atoms. The smallest absolute Gasteiger partial charge is 0.133 e. The summed E-state index contributed by atoms with van der Waals surface area (Å²) in [6, 6.07) is 11.8. The van der Waals surface area contributed by atoms with E-state index in [0.29, 0.717) is 5.69 Å². The van der Waals surface area contributed by atoms with E-state index in [1.54, 1.807) is 6.20 Å². The van der Waals surface area contributed by atoms with Gasteiger partial charge in [-0.25, -0.2) is 4.98 Å². The van der Waals surface area contributed by atoms with Crippen molar-refractivity contribution in [3.05, 3.63) is 48.2 Å². The number of nitrogens with two attached hydrogens (primary N) is 1. The molecule has 3 heteroatoms. The Morgan fingerprint density at radius 3 is 2.60 bits per heavy atom. The van der Waals surface area contributed by atoms with Crippen molar-refractivity contribution < 1.29 is 0 Å². The van der Waals surface area contributed by atoms with Gasteiger partial charge in [0.25, 0.3) is 0 Å². The number of nitrogens with zero attached hydrogens (tertiary/aromatic N) is 1. The van der Waals surface area contributed by atoms with Gasteiger partial charge in [0, 0.05) is 5.69 Å². The lowest BCUT2D eigenvalue weighted by molar-refractivity contribution is 1.26. The van der Waals surface area contributed by atoms with Gasteiger partial charge in [-0.2, -0.15) is 0 Å². The predicted octanol–water partition coefficient (Wildman–Crippen LogP) is 2.72. The fourth-order valence-electron chi connectivity index (χ4n) is 1.39. The van der Waals surface area contributed by atoms with E-state index in [0.717, 1.165) is 17.1 Å². The number of rotatable bonds is 2. The Kier molecular flexibility index (Phi) is 2.54. The van der Waals surface area contributed by atoms with Gasteiger partial charge in [-0.15, -0.1) is 0 Å². The molecule has 3 N–H and O–H groups in total. The first kappa shape index (κ1) is 9.52. The van der Waals surface area contributed by atoms with Crippen molar-refractivity contribution in [1.82, 2.24) is 4.98 Å². The summed E-state index contributed by atoms with van der Waals surface area (Å²) in [7, 11) is 0. The highest BCUT2D eigenvalue weighted by atomic mass is 15.0. The monoisotopic (exact) mass is 199 g/mol. The molecule has 76 valence electrons. The van der Waals surface area contributed by atoms with E-state index in [4.69, 9.17) is 5.73 Å². The van der Waals surface area contributed by atoms with Crippen LogP contribution in [-0.4, -0.2) is 4.98 Å². The average Bonchev–Trinajstić information content (AvgIpc) is 2.24. The highest BCUT2D eigenvalue weighted by molar-refractivity contribution is 5.60. The third kappa shape index (κ3) is 2.26. The van der Waals surface area contributed by atoms with Crippen LogP contribution >= 0.6 is 0 Å². The van der Waals surface area contributed by atoms with Gasteiger partial charge in [0.05, 0.1) is 11.9 Å². The van der Waals surface area contributed by atoms with Crippen molar-refractivity contribution in [3.8, 4) is 0 Å². The average molecular weight is 199 g/mol. The van der Waals surface area contributed by atoms with Crippen LogP contribution in [0.2, 0.25) is 0 Å². The van der Waals surface area contributed by atoms with Crippen LogP contribution in [0.1, 0.15) is 5.56 Å². The van der Waals surface area contributed by atoms with Crippen molar-refractivity contribution >= 4 is 17.2 Å². The van der Waals surface area contributed by atoms with Crippen LogP contribution in [0.15, 0.2) is 42.6 Å². The van der Waals surface area contributed by atoms with E-state index >= 15 is 0 Å². The SMILES string of the molecule is Cc1cc(N)cnc1Nc1ccccc1. The molecule has 1 heterocycles. The summed E-state index contributed by atoms with van der Waals surface area (Å²) in [6.07, 6.45) is 1.65. The molecule has 3 nitrogen and oxygen atoms in total. The number of benzene rings is 1. The first-order valence-electron chi connectivity index (χ1n) is 4.80. The molecule has 0 aliphatic heterocycles. The van der Waals surface area contributed by atoms with E-state index in [1.807, 2.05) is 43.3 Å². The predicted molar refractivity (Wildman–Crippen MR) is 63.1 cm³/mol. The molecule has 0 aliphatic carbocycles. The molecule has 2 aromatic rings. The third-order valence-electron chi connectivity index (χ3n) is 2.14. The molecule has 15 heavy (non-hydrogen) atoms. The van der Waals surface area contributed by atoms with Crippen LogP contribution in [0.25, 0.3) is 0 Å². The van der Waals surface area contributed by atoms with Gasteiger partial charge in [-0.3, -0.25) is 0 Å². The summed E-state index contributed by atoms with van der Waals surface area (Å²) < 4.78 is 0. The van der Waals surface area contributed by atoms with Crippen molar-refractivity contribution in [2.24, 2.45) is 0 Å². The summed E-state index contributed by atoms with van der Waals surface area (Å²) >= 11 is 0. The minimum absolute atomic E-state index is 0.686. The molecule has 0 saturated heterocycles. The summed E-state index contributed by atoms with van der Waals surface area (Å²) in [5.74, 6) is 0.843. The quantitative estimate of drug-likeness (QED) is 0.781. The molecular formula is C12H13N3. The second kappa shape index (κ2) is 4.00. The lowest BCUT2D eigenvalue weighted by atomic mass is 10.2. The van der Waals surface area contributed by atoms with Crippen molar-refractivity contribution in [1.29, 1.82) is 0 Å². The molecular weight excluding hydrogens is 186 g/mol. The van der Waals surface area contributed by atoms with E-state index in [9.17, 15) is 0 Å². The van der Waals surface area contributed by atoms with Gasteiger partial charge in [0.1, 0.15) is 5.82 Å². The highest BCUT2D eigenvalue weighted by Crippen LogP contribution is 2.18. The summed E-state index contributed by atoms with van der Waals surface area (Å²) in [4.78, 5) is 4.24. The number of anilines is 3. The Morgan fingerprint density at radius 1 is 1.20 bits per heavy atom. The Morgan fingerprint density at radius 2 is 1.93 bits per heavy atom. The molecule has 2 rings (SSSR count). The minimum atomic E-state index is 0.686. The second-order valence-corrected chi connectivity index (χ2v) is 3.43. The van der Waals surface area contributed by atoms with Gasteiger partial charge >= 0.3 is 0 Å².